The molecule has 182 valence electrons. The minimum atomic E-state index is -4.45. The molecule has 0 saturated carbocycles. The minimum Gasteiger partial charge on any atom is -0.454 e. The van der Waals surface area contributed by atoms with Crippen LogP contribution in [0.15, 0.2) is 85.2 Å². The third-order valence-electron chi connectivity index (χ3n) is 6.27. The van der Waals surface area contributed by atoms with Crippen LogP contribution in [0, 0.1) is 0 Å². The Morgan fingerprint density at radius 3 is 2.58 bits per heavy atom. The molecule has 1 fully saturated rings. The summed E-state index contributed by atoms with van der Waals surface area (Å²) in [6.45, 7) is 0.139. The van der Waals surface area contributed by atoms with Crippen molar-refractivity contribution in [1.82, 2.24) is 14.9 Å². The average molecular weight is 509 g/mol. The van der Waals surface area contributed by atoms with Crippen molar-refractivity contribution in [3.8, 4) is 17.2 Å². The Hall–Kier alpha value is -4.05. The average Bonchev–Trinajstić information content (AvgIpc) is 3.61. The third-order valence-corrected chi connectivity index (χ3v) is 6.58. The van der Waals surface area contributed by atoms with E-state index in [1.807, 2.05) is 53.4 Å². The number of halogens is 3. The van der Waals surface area contributed by atoms with E-state index in [-0.39, 0.29) is 12.8 Å². The van der Waals surface area contributed by atoms with Crippen LogP contribution in [0.4, 0.5) is 18.9 Å². The molecule has 4 aromatic rings. The second-order valence-corrected chi connectivity index (χ2v) is 8.77. The van der Waals surface area contributed by atoms with Crippen molar-refractivity contribution in [2.75, 3.05) is 11.7 Å². The number of ether oxygens (including phenoxy) is 2. The number of nitrogens with zero attached hydrogens (tertiary/aromatic N) is 3. The summed E-state index contributed by atoms with van der Waals surface area (Å²) in [4.78, 5) is 6.48. The molecule has 36 heavy (non-hydrogen) atoms. The molecule has 2 aromatic heterocycles. The molecule has 0 unspecified atom stereocenters. The maximum Gasteiger partial charge on any atom is 0.416 e. The second kappa shape index (κ2) is 8.56. The topological polar surface area (TPSA) is 51.6 Å². The highest BCUT2D eigenvalue weighted by atomic mass is 32.1. The molecule has 6 nitrogen and oxygen atoms in total. The lowest BCUT2D eigenvalue weighted by atomic mass is 10.0. The maximum absolute atomic E-state index is 13.5. The predicted molar refractivity (Wildman–Crippen MR) is 131 cm³/mol. The van der Waals surface area contributed by atoms with Gasteiger partial charge in [-0.05, 0) is 66.8 Å². The summed E-state index contributed by atoms with van der Waals surface area (Å²) >= 11 is 5.77. The molecule has 2 aliphatic rings. The van der Waals surface area contributed by atoms with Crippen LogP contribution in [0.2, 0.25) is 0 Å². The maximum atomic E-state index is 13.5. The zero-order valence-corrected chi connectivity index (χ0v) is 19.5. The quantitative estimate of drug-likeness (QED) is 0.352. The number of aromatic nitrogens is 2. The molecular formula is C26H19F3N4O2S. The summed E-state index contributed by atoms with van der Waals surface area (Å²) in [7, 11) is 0. The van der Waals surface area contributed by atoms with Gasteiger partial charge in [0.05, 0.1) is 17.3 Å². The summed E-state index contributed by atoms with van der Waals surface area (Å²) < 4.78 is 53.2. The van der Waals surface area contributed by atoms with E-state index in [0.29, 0.717) is 22.3 Å². The van der Waals surface area contributed by atoms with Crippen molar-refractivity contribution in [3.63, 3.8) is 0 Å². The SMILES string of the molecule is FC(F)(F)c1cccc(-n2cccc2[C@@H]2[C@H](c3ccccn3)NC(=S)N2c2ccc3c(c2)OCO3)c1. The molecule has 2 aromatic carbocycles. The normalized spacial score (nSPS) is 19.0. The number of alkyl halides is 3. The van der Waals surface area contributed by atoms with Crippen LogP contribution in [-0.2, 0) is 6.18 Å². The molecule has 6 rings (SSSR count). The van der Waals surface area contributed by atoms with Gasteiger partial charge in [-0.2, -0.15) is 13.2 Å². The van der Waals surface area contributed by atoms with E-state index in [9.17, 15) is 13.2 Å². The van der Waals surface area contributed by atoms with Gasteiger partial charge < -0.3 is 24.3 Å². The Balaban J connectivity index is 1.49. The van der Waals surface area contributed by atoms with E-state index < -0.39 is 17.8 Å². The Labute approximate surface area is 209 Å². The Bertz CT molecular complexity index is 1440. The fourth-order valence-corrected chi connectivity index (χ4v) is 5.02. The monoisotopic (exact) mass is 508 g/mol. The van der Waals surface area contributed by atoms with Crippen LogP contribution in [0.5, 0.6) is 11.5 Å². The van der Waals surface area contributed by atoms with Gasteiger partial charge in [-0.15, -0.1) is 0 Å². The first kappa shape index (κ1) is 22.4. The number of fused-ring (bicyclic) bond motifs is 1. The van der Waals surface area contributed by atoms with Crippen molar-refractivity contribution in [2.45, 2.75) is 18.3 Å². The lowest BCUT2D eigenvalue weighted by Gasteiger charge is -2.29. The standard InChI is InChI=1S/C26H19F3N4O2S/c27-26(28,29)16-5-3-6-17(13-16)32-12-4-8-20(32)24-23(19-7-1-2-11-30-19)31-25(36)33(24)18-9-10-21-22(14-18)35-15-34-21/h1-14,23-24H,15H2,(H,31,36)/t23-,24+/m0/s1. The summed E-state index contributed by atoms with van der Waals surface area (Å²) in [5, 5.41) is 3.83. The van der Waals surface area contributed by atoms with Gasteiger partial charge in [0.2, 0.25) is 6.79 Å². The Kier molecular flexibility index (Phi) is 5.33. The van der Waals surface area contributed by atoms with E-state index in [2.05, 4.69) is 10.3 Å². The molecule has 10 heteroatoms. The smallest absolute Gasteiger partial charge is 0.416 e. The van der Waals surface area contributed by atoms with E-state index >= 15 is 0 Å². The van der Waals surface area contributed by atoms with E-state index in [4.69, 9.17) is 21.7 Å². The number of benzene rings is 2. The van der Waals surface area contributed by atoms with Gasteiger partial charge in [0.1, 0.15) is 6.04 Å². The number of pyridine rings is 1. The van der Waals surface area contributed by atoms with Crippen molar-refractivity contribution >= 4 is 23.0 Å². The van der Waals surface area contributed by atoms with Crippen molar-refractivity contribution in [1.29, 1.82) is 0 Å². The number of hydrogen-bond donors (Lipinski definition) is 1. The van der Waals surface area contributed by atoms with E-state index in [1.54, 1.807) is 23.0 Å². The molecule has 2 atom stereocenters. The minimum absolute atomic E-state index is 0.139. The molecule has 1 N–H and O–H groups in total. The zero-order chi connectivity index (χ0) is 24.9. The number of nitrogens with one attached hydrogen (secondary N) is 1. The van der Waals surface area contributed by atoms with Crippen LogP contribution in [-0.4, -0.2) is 21.5 Å². The largest absolute Gasteiger partial charge is 0.454 e. The van der Waals surface area contributed by atoms with Crippen LogP contribution in [0.3, 0.4) is 0 Å². The third kappa shape index (κ3) is 3.83. The molecule has 0 aliphatic carbocycles. The number of anilines is 1. The van der Waals surface area contributed by atoms with Gasteiger partial charge in [0.15, 0.2) is 16.6 Å². The first-order valence-electron chi connectivity index (χ1n) is 11.2. The molecule has 0 radical (unpaired) electrons. The van der Waals surface area contributed by atoms with Gasteiger partial charge in [0.25, 0.3) is 0 Å². The predicted octanol–water partition coefficient (Wildman–Crippen LogP) is 5.80. The first-order valence-corrected chi connectivity index (χ1v) is 11.6. The highest BCUT2D eigenvalue weighted by Gasteiger charge is 2.42. The number of rotatable bonds is 4. The van der Waals surface area contributed by atoms with Gasteiger partial charge >= 0.3 is 6.18 Å². The molecule has 0 amide bonds. The van der Waals surface area contributed by atoms with Crippen molar-refractivity contribution < 1.29 is 22.6 Å². The summed E-state index contributed by atoms with van der Waals surface area (Å²) in [6, 6.07) is 19.3. The van der Waals surface area contributed by atoms with Gasteiger partial charge in [0, 0.05) is 35.5 Å². The Morgan fingerprint density at radius 1 is 0.917 bits per heavy atom. The molecule has 1 saturated heterocycles. The van der Waals surface area contributed by atoms with Gasteiger partial charge in [-0.1, -0.05) is 12.1 Å². The summed E-state index contributed by atoms with van der Waals surface area (Å²) in [5.74, 6) is 1.24. The molecule has 4 heterocycles. The molecular weight excluding hydrogens is 489 g/mol. The first-order chi connectivity index (χ1) is 17.4. The lowest BCUT2D eigenvalue weighted by molar-refractivity contribution is -0.137. The summed E-state index contributed by atoms with van der Waals surface area (Å²) in [5.41, 5.74) is 1.94. The molecule has 0 bridgehead atoms. The van der Waals surface area contributed by atoms with E-state index in [1.165, 1.54) is 6.07 Å². The molecule has 0 spiro atoms. The van der Waals surface area contributed by atoms with Crippen LogP contribution < -0.4 is 19.7 Å². The van der Waals surface area contributed by atoms with E-state index in [0.717, 1.165) is 29.2 Å². The summed E-state index contributed by atoms with van der Waals surface area (Å²) in [6.07, 6.45) is -0.999. The van der Waals surface area contributed by atoms with Crippen LogP contribution >= 0.6 is 12.2 Å². The van der Waals surface area contributed by atoms with Gasteiger partial charge in [-0.25, -0.2) is 0 Å². The molecule has 2 aliphatic heterocycles. The van der Waals surface area contributed by atoms with Crippen LogP contribution in [0.25, 0.3) is 5.69 Å². The van der Waals surface area contributed by atoms with Gasteiger partial charge in [-0.3, -0.25) is 4.98 Å². The highest BCUT2D eigenvalue weighted by molar-refractivity contribution is 7.80. The van der Waals surface area contributed by atoms with Crippen molar-refractivity contribution in [3.05, 3.63) is 102 Å². The lowest BCUT2D eigenvalue weighted by Crippen LogP contribution is -2.30. The van der Waals surface area contributed by atoms with Crippen LogP contribution in [0.1, 0.15) is 29.0 Å². The fraction of sp³-hybridized carbons (Fsp3) is 0.154. The number of thiocarbonyl (C=S) groups is 1. The fourth-order valence-electron chi connectivity index (χ4n) is 4.67. The number of hydrogen-bond acceptors (Lipinski definition) is 4. The van der Waals surface area contributed by atoms with Crippen molar-refractivity contribution in [2.24, 2.45) is 0 Å². The zero-order valence-electron chi connectivity index (χ0n) is 18.6. The second-order valence-electron chi connectivity index (χ2n) is 8.39. The Morgan fingerprint density at radius 2 is 1.78 bits per heavy atom. The highest BCUT2D eigenvalue weighted by Crippen LogP contribution is 2.45.